The smallest absolute Gasteiger partial charge is 0.265 e. The molecule has 1 heterocycles. The highest BCUT2D eigenvalue weighted by Gasteiger charge is 2.16. The SMILES string of the molecule is Nc1c(C(F)F)cc2ccsc2c1Br. The summed E-state index contributed by atoms with van der Waals surface area (Å²) in [5, 5.41) is 2.65. The summed E-state index contributed by atoms with van der Waals surface area (Å²) in [5.41, 5.74) is 5.61. The fraction of sp³-hybridized carbons (Fsp3) is 0.111. The van der Waals surface area contributed by atoms with Crippen molar-refractivity contribution in [2.45, 2.75) is 6.43 Å². The van der Waals surface area contributed by atoms with Crippen LogP contribution in [0.1, 0.15) is 12.0 Å². The molecule has 0 saturated heterocycles. The minimum Gasteiger partial charge on any atom is -0.397 e. The molecule has 0 aliphatic carbocycles. The van der Waals surface area contributed by atoms with Gasteiger partial charge in [0.25, 0.3) is 6.43 Å². The van der Waals surface area contributed by atoms with Crippen LogP contribution in [0.2, 0.25) is 0 Å². The molecule has 14 heavy (non-hydrogen) atoms. The molecule has 0 atom stereocenters. The second-order valence-electron chi connectivity index (χ2n) is 2.83. The third-order valence-corrected chi connectivity index (χ3v) is 4.02. The maximum Gasteiger partial charge on any atom is 0.265 e. The molecule has 1 aromatic heterocycles. The molecular formula is C9H6BrF2NS. The largest absolute Gasteiger partial charge is 0.397 e. The molecule has 0 aliphatic heterocycles. The van der Waals surface area contributed by atoms with Gasteiger partial charge in [0.1, 0.15) is 0 Å². The lowest BCUT2D eigenvalue weighted by Gasteiger charge is -2.07. The Morgan fingerprint density at radius 1 is 1.43 bits per heavy atom. The van der Waals surface area contributed by atoms with E-state index in [4.69, 9.17) is 5.73 Å². The van der Waals surface area contributed by atoms with Crippen molar-refractivity contribution in [3.8, 4) is 0 Å². The molecule has 1 aromatic carbocycles. The average molecular weight is 278 g/mol. The van der Waals surface area contributed by atoms with Crippen molar-refractivity contribution in [3.05, 3.63) is 27.5 Å². The molecular weight excluding hydrogens is 272 g/mol. The van der Waals surface area contributed by atoms with Crippen LogP contribution in [-0.4, -0.2) is 0 Å². The van der Waals surface area contributed by atoms with Crippen LogP contribution in [0.3, 0.4) is 0 Å². The number of rotatable bonds is 1. The normalized spacial score (nSPS) is 11.4. The van der Waals surface area contributed by atoms with Crippen molar-refractivity contribution in [2.24, 2.45) is 0 Å². The molecule has 0 fully saturated rings. The van der Waals surface area contributed by atoms with Gasteiger partial charge < -0.3 is 5.73 Å². The van der Waals surface area contributed by atoms with E-state index in [1.807, 2.05) is 5.38 Å². The number of thiophene rings is 1. The molecule has 0 saturated carbocycles. The summed E-state index contributed by atoms with van der Waals surface area (Å²) < 4.78 is 26.6. The minimum atomic E-state index is -2.53. The van der Waals surface area contributed by atoms with Gasteiger partial charge >= 0.3 is 0 Å². The van der Waals surface area contributed by atoms with Crippen LogP contribution in [0.15, 0.2) is 22.0 Å². The number of nitrogens with two attached hydrogens (primary N) is 1. The summed E-state index contributed by atoms with van der Waals surface area (Å²) in [7, 11) is 0. The van der Waals surface area contributed by atoms with Crippen LogP contribution in [0.4, 0.5) is 14.5 Å². The van der Waals surface area contributed by atoms with E-state index in [9.17, 15) is 8.78 Å². The Morgan fingerprint density at radius 3 is 2.79 bits per heavy atom. The van der Waals surface area contributed by atoms with E-state index in [2.05, 4.69) is 15.9 Å². The molecule has 0 bridgehead atoms. The van der Waals surface area contributed by atoms with E-state index >= 15 is 0 Å². The Kier molecular flexibility index (Phi) is 2.45. The van der Waals surface area contributed by atoms with Gasteiger partial charge in [0, 0.05) is 5.56 Å². The van der Waals surface area contributed by atoms with Gasteiger partial charge in [0.05, 0.1) is 14.9 Å². The van der Waals surface area contributed by atoms with Crippen molar-refractivity contribution in [3.63, 3.8) is 0 Å². The second kappa shape index (κ2) is 3.47. The molecule has 74 valence electrons. The lowest BCUT2D eigenvalue weighted by atomic mass is 10.1. The van der Waals surface area contributed by atoms with Gasteiger partial charge in [0.2, 0.25) is 0 Å². The maximum atomic E-state index is 12.5. The van der Waals surface area contributed by atoms with Gasteiger partial charge in [-0.15, -0.1) is 11.3 Å². The molecule has 0 unspecified atom stereocenters. The van der Waals surface area contributed by atoms with Crippen LogP contribution < -0.4 is 5.73 Å². The molecule has 5 heteroatoms. The first kappa shape index (κ1) is 9.86. The summed E-state index contributed by atoms with van der Waals surface area (Å²) in [6.07, 6.45) is -2.53. The van der Waals surface area contributed by atoms with Crippen molar-refractivity contribution >= 4 is 43.0 Å². The topological polar surface area (TPSA) is 26.0 Å². The number of benzene rings is 1. The minimum absolute atomic E-state index is 0.109. The first-order chi connectivity index (χ1) is 6.61. The molecule has 2 aromatic rings. The van der Waals surface area contributed by atoms with Crippen molar-refractivity contribution in [1.82, 2.24) is 0 Å². The molecule has 0 radical (unpaired) electrons. The van der Waals surface area contributed by atoms with Gasteiger partial charge in [-0.05, 0) is 38.8 Å². The monoisotopic (exact) mass is 277 g/mol. The average Bonchev–Trinajstić information content (AvgIpc) is 2.58. The summed E-state index contributed by atoms with van der Waals surface area (Å²) in [4.78, 5) is 0. The standard InChI is InChI=1S/C9H6BrF2NS/c10-6-7(13)5(9(11)12)3-4-1-2-14-8(4)6/h1-3,9H,13H2. The Morgan fingerprint density at radius 2 is 2.14 bits per heavy atom. The van der Waals surface area contributed by atoms with E-state index in [1.54, 1.807) is 6.07 Å². The third-order valence-electron chi connectivity index (χ3n) is 1.99. The zero-order valence-corrected chi connectivity index (χ0v) is 9.33. The Hall–Kier alpha value is -0.680. The molecule has 2 rings (SSSR count). The summed E-state index contributed by atoms with van der Waals surface area (Å²) in [6, 6.07) is 3.24. The predicted octanol–water partition coefficient (Wildman–Crippen LogP) is 4.18. The molecule has 2 N–H and O–H groups in total. The Labute approximate surface area is 91.7 Å². The summed E-state index contributed by atoms with van der Waals surface area (Å²) >= 11 is 4.71. The van der Waals surface area contributed by atoms with E-state index in [0.29, 0.717) is 4.47 Å². The van der Waals surface area contributed by atoms with E-state index in [1.165, 1.54) is 17.4 Å². The van der Waals surface area contributed by atoms with Crippen molar-refractivity contribution < 1.29 is 8.78 Å². The lowest BCUT2D eigenvalue weighted by Crippen LogP contribution is -1.95. The van der Waals surface area contributed by atoms with Gasteiger partial charge in [0.15, 0.2) is 0 Å². The van der Waals surface area contributed by atoms with Crippen LogP contribution in [0.5, 0.6) is 0 Å². The highest BCUT2D eigenvalue weighted by Crippen LogP contribution is 2.39. The Bertz CT molecular complexity index is 481. The fourth-order valence-corrected chi connectivity index (χ4v) is 2.85. The number of fused-ring (bicyclic) bond motifs is 1. The highest BCUT2D eigenvalue weighted by atomic mass is 79.9. The zero-order valence-electron chi connectivity index (χ0n) is 6.93. The summed E-state index contributed by atoms with van der Waals surface area (Å²) in [6.45, 7) is 0. The predicted molar refractivity (Wildman–Crippen MR) is 58.9 cm³/mol. The van der Waals surface area contributed by atoms with Crippen LogP contribution in [-0.2, 0) is 0 Å². The number of halogens is 3. The molecule has 1 nitrogen and oxygen atoms in total. The van der Waals surface area contributed by atoms with E-state index < -0.39 is 6.43 Å². The molecule has 0 amide bonds. The van der Waals surface area contributed by atoms with E-state index in [-0.39, 0.29) is 11.3 Å². The van der Waals surface area contributed by atoms with Gasteiger partial charge in [-0.2, -0.15) is 0 Å². The number of nitrogen functional groups attached to an aromatic ring is 1. The fourth-order valence-electron chi connectivity index (χ4n) is 1.29. The van der Waals surface area contributed by atoms with Crippen LogP contribution in [0.25, 0.3) is 10.1 Å². The van der Waals surface area contributed by atoms with Gasteiger partial charge in [-0.3, -0.25) is 0 Å². The maximum absolute atomic E-state index is 12.5. The second-order valence-corrected chi connectivity index (χ2v) is 4.54. The lowest BCUT2D eigenvalue weighted by molar-refractivity contribution is 0.152. The van der Waals surface area contributed by atoms with E-state index in [0.717, 1.165) is 10.1 Å². The van der Waals surface area contributed by atoms with Crippen molar-refractivity contribution in [2.75, 3.05) is 5.73 Å². The highest BCUT2D eigenvalue weighted by molar-refractivity contribution is 9.10. The number of hydrogen-bond donors (Lipinski definition) is 1. The first-order valence-electron chi connectivity index (χ1n) is 3.84. The van der Waals surface area contributed by atoms with Crippen LogP contribution >= 0.6 is 27.3 Å². The van der Waals surface area contributed by atoms with Crippen molar-refractivity contribution in [1.29, 1.82) is 0 Å². The third kappa shape index (κ3) is 1.40. The molecule has 0 aliphatic rings. The summed E-state index contributed by atoms with van der Waals surface area (Å²) in [5.74, 6) is 0. The molecule has 0 spiro atoms. The van der Waals surface area contributed by atoms with Crippen LogP contribution in [0, 0.1) is 0 Å². The quantitative estimate of drug-likeness (QED) is 0.778. The Balaban J connectivity index is 2.80. The number of hydrogen-bond acceptors (Lipinski definition) is 2. The number of anilines is 1. The van der Waals surface area contributed by atoms with Gasteiger partial charge in [-0.25, -0.2) is 8.78 Å². The zero-order chi connectivity index (χ0) is 10.3. The number of alkyl halides is 2. The first-order valence-corrected chi connectivity index (χ1v) is 5.51. The van der Waals surface area contributed by atoms with Gasteiger partial charge in [-0.1, -0.05) is 0 Å².